The number of hydrogen-bond acceptors (Lipinski definition) is 10. The third-order valence-corrected chi connectivity index (χ3v) is 21.7. The molecule has 1 unspecified atom stereocenters. The van der Waals surface area contributed by atoms with Crippen LogP contribution < -0.4 is 9.44 Å². The van der Waals surface area contributed by atoms with E-state index in [2.05, 4.69) is 36.8 Å². The van der Waals surface area contributed by atoms with Crippen molar-refractivity contribution in [1.82, 2.24) is 46.8 Å². The molecule has 2 saturated carbocycles. The Hall–Kier alpha value is -7.66. The quantitative estimate of drug-likeness (QED) is 0.136. The van der Waals surface area contributed by atoms with Gasteiger partial charge in [0.25, 0.3) is 17.7 Å². The van der Waals surface area contributed by atoms with Gasteiger partial charge in [-0.1, -0.05) is 99.2 Å². The van der Waals surface area contributed by atoms with E-state index in [0.717, 1.165) is 115 Å². The number of carbonyl (C=O) groups is 6. The van der Waals surface area contributed by atoms with Crippen LogP contribution in [0.4, 0.5) is 0 Å². The second-order valence-electron chi connectivity index (χ2n) is 24.7. The lowest BCUT2D eigenvalue weighted by Gasteiger charge is -2.36. The highest BCUT2D eigenvalue weighted by Gasteiger charge is 2.37. The van der Waals surface area contributed by atoms with Crippen molar-refractivity contribution in [2.75, 3.05) is 80.5 Å². The number of amides is 6. The number of nitrogens with one attached hydrogen (secondary N) is 2. The Bertz CT molecular complexity index is 3990. The molecule has 2 N–H and O–H groups in total. The normalized spacial score (nSPS) is 18.5. The van der Waals surface area contributed by atoms with Crippen molar-refractivity contribution in [3.8, 4) is 22.5 Å². The van der Waals surface area contributed by atoms with E-state index in [9.17, 15) is 45.6 Å². The van der Waals surface area contributed by atoms with Crippen molar-refractivity contribution in [2.45, 2.75) is 109 Å². The van der Waals surface area contributed by atoms with Crippen LogP contribution in [-0.2, 0) is 59.1 Å². The number of nitrogens with zero attached hydrogens (tertiary/aromatic N) is 8. The molecule has 2 saturated heterocycles. The maximum Gasteiger partial charge on any atom is 0.303 e. The van der Waals surface area contributed by atoms with E-state index >= 15 is 0 Å². The van der Waals surface area contributed by atoms with E-state index in [0.29, 0.717) is 89.3 Å². The van der Waals surface area contributed by atoms with Crippen molar-refractivity contribution in [2.24, 2.45) is 5.92 Å². The number of carbonyl (C=O) groups excluding carboxylic acids is 6. The molecule has 6 heterocycles. The number of piperazine rings is 2. The summed E-state index contributed by atoms with van der Waals surface area (Å²) in [5.41, 5.74) is 11.7. The molecule has 0 radical (unpaired) electrons. The van der Waals surface area contributed by atoms with E-state index < -0.39 is 32.2 Å². The van der Waals surface area contributed by atoms with Crippen molar-refractivity contribution in [1.29, 1.82) is 0 Å². The molecule has 6 amide bonds. The van der Waals surface area contributed by atoms with Gasteiger partial charge < -0.3 is 28.7 Å². The fraction of sp³-hybridized carbons (Fsp3) is 0.455. The van der Waals surface area contributed by atoms with Gasteiger partial charge in [-0.05, 0) is 96.5 Å². The molecule has 2 aromatic heterocycles. The second-order valence-corrected chi connectivity index (χ2v) is 28.5. The first kappa shape index (κ1) is 62.0. The Balaban J connectivity index is 0.000000182. The molecule has 2 aliphatic carbocycles. The van der Waals surface area contributed by atoms with Crippen LogP contribution in [0.25, 0.3) is 50.4 Å². The average molecular weight is 1240 g/mol. The highest BCUT2D eigenvalue weighted by Crippen LogP contribution is 2.49. The predicted octanol–water partition coefficient (Wildman–Crippen LogP) is 7.74. The zero-order chi connectivity index (χ0) is 62.3. The van der Waals surface area contributed by atoms with Gasteiger partial charge in [-0.2, -0.15) is 25.4 Å². The van der Waals surface area contributed by atoms with Crippen LogP contribution in [0.3, 0.4) is 0 Å². The minimum atomic E-state index is -3.97. The second kappa shape index (κ2) is 25.4. The molecular weight excluding hydrogens is 1160 g/mol. The summed E-state index contributed by atoms with van der Waals surface area (Å²) in [5.74, 6) is -1.00. The van der Waals surface area contributed by atoms with E-state index in [1.807, 2.05) is 58.3 Å². The van der Waals surface area contributed by atoms with Gasteiger partial charge in [0.15, 0.2) is 0 Å². The molecule has 4 aromatic carbocycles. The molecule has 22 heteroatoms. The Morgan fingerprint density at radius 3 is 1.45 bits per heavy atom. The third-order valence-electron chi connectivity index (χ3n) is 18.9. The van der Waals surface area contributed by atoms with E-state index in [-0.39, 0.29) is 40.7 Å². The number of hydrogen-bond donors (Lipinski definition) is 2. The topological polar surface area (TPSA) is 224 Å². The summed E-state index contributed by atoms with van der Waals surface area (Å²) in [6, 6.07) is 27.3. The molecule has 0 bridgehead atoms. The van der Waals surface area contributed by atoms with Gasteiger partial charge in [0.2, 0.25) is 17.7 Å². The minimum absolute atomic E-state index is 0.0108. The van der Waals surface area contributed by atoms with Crippen molar-refractivity contribution >= 4 is 83.7 Å². The first-order valence-corrected chi connectivity index (χ1v) is 33.8. The number of aromatic nitrogens is 2. The molecule has 1 atom stereocenters. The first-order valence-electron chi connectivity index (χ1n) is 30.9. The lowest BCUT2D eigenvalue weighted by atomic mass is 9.81. The summed E-state index contributed by atoms with van der Waals surface area (Å²) in [7, 11) is -2.46. The van der Waals surface area contributed by atoms with Crippen LogP contribution in [-0.4, -0.2) is 170 Å². The van der Waals surface area contributed by atoms with E-state index in [4.69, 9.17) is 0 Å². The molecule has 20 nitrogen and oxygen atoms in total. The molecule has 6 aromatic rings. The summed E-state index contributed by atoms with van der Waals surface area (Å²) < 4.78 is 60.4. The van der Waals surface area contributed by atoms with Gasteiger partial charge in [-0.15, -0.1) is 0 Å². The molecule has 88 heavy (non-hydrogen) atoms. The molecule has 4 fully saturated rings. The Kier molecular flexibility index (Phi) is 17.9. The zero-order valence-corrected chi connectivity index (χ0v) is 52.9. The SMILES string of the molecule is CC(=O)N1CCN(C(=O)C2=Cc3ccccc3-c3c(C4CCCCC4)c4ccc(C(=O)NS(=O)(=O)N(C)C)cc4n3C2)CC1.CC(=O)N1CCN(C(=O)C2Cc3ccccc3-c3c(C4CCCCC4)c4ccc(C(=O)NS(=O)(=O)N(C)C)cc4n3C2)CC1. The summed E-state index contributed by atoms with van der Waals surface area (Å²) in [6.45, 7) is 7.88. The van der Waals surface area contributed by atoms with Crippen molar-refractivity contribution in [3.63, 3.8) is 0 Å². The summed E-state index contributed by atoms with van der Waals surface area (Å²) in [4.78, 5) is 85.6. The van der Waals surface area contributed by atoms with E-state index in [1.54, 1.807) is 47.9 Å². The van der Waals surface area contributed by atoms with Crippen LogP contribution in [0.1, 0.15) is 133 Å². The molecule has 6 aliphatic rings. The van der Waals surface area contributed by atoms with Crippen LogP contribution in [0.15, 0.2) is 90.5 Å². The number of fused-ring (bicyclic) bond motifs is 10. The van der Waals surface area contributed by atoms with Gasteiger partial charge >= 0.3 is 20.4 Å². The Morgan fingerprint density at radius 2 is 0.955 bits per heavy atom. The predicted molar refractivity (Wildman–Crippen MR) is 339 cm³/mol. The van der Waals surface area contributed by atoms with Crippen molar-refractivity contribution < 1.29 is 45.6 Å². The lowest BCUT2D eigenvalue weighted by molar-refractivity contribution is -0.141. The van der Waals surface area contributed by atoms with Crippen LogP contribution >= 0.6 is 0 Å². The van der Waals surface area contributed by atoms with Crippen LogP contribution in [0, 0.1) is 5.92 Å². The third kappa shape index (κ3) is 12.4. The highest BCUT2D eigenvalue weighted by molar-refractivity contribution is 7.88. The van der Waals surface area contributed by atoms with Crippen LogP contribution in [0.2, 0.25) is 0 Å². The summed E-state index contributed by atoms with van der Waals surface area (Å²) in [5, 5.41) is 2.08. The zero-order valence-electron chi connectivity index (χ0n) is 51.2. The maximum absolute atomic E-state index is 14.1. The summed E-state index contributed by atoms with van der Waals surface area (Å²) >= 11 is 0. The summed E-state index contributed by atoms with van der Waals surface area (Å²) in [6.07, 6.45) is 13.9. The molecule has 466 valence electrons. The van der Waals surface area contributed by atoms with Gasteiger partial charge in [-0.25, -0.2) is 9.44 Å². The van der Waals surface area contributed by atoms with Crippen molar-refractivity contribution in [3.05, 3.63) is 124 Å². The van der Waals surface area contributed by atoms with Crippen LogP contribution in [0.5, 0.6) is 0 Å². The van der Waals surface area contributed by atoms with E-state index in [1.165, 1.54) is 52.2 Å². The Labute approximate surface area is 515 Å². The molecule has 0 spiro atoms. The molecular formula is C66H80N10O10S2. The maximum atomic E-state index is 14.1. The standard InChI is InChI=1S/C33H41N5O5S.C33H39N5O5S/c2*1-22(39)36-15-17-37(18-16-36)33(41)26-19-24-11-7-8-12-27(24)31-30(23-9-5-4-6-10-23)28-14-13-25(20-29(28)38(31)21-26)32(40)34-44(42,43)35(2)3/h7-8,11-14,20,23,26H,4-6,9-10,15-19,21H2,1-3H3,(H,34,40);7-8,11-14,19-20,23H,4-6,9-10,15-18,21H2,1-3H3,(H,34,40). The lowest BCUT2D eigenvalue weighted by Crippen LogP contribution is -2.52. The average Bonchev–Trinajstić information content (AvgIpc) is 1.63. The monoisotopic (exact) mass is 1240 g/mol. The molecule has 12 rings (SSSR count). The highest BCUT2D eigenvalue weighted by atomic mass is 32.2. The fourth-order valence-corrected chi connectivity index (χ4v) is 15.1. The van der Waals surface area contributed by atoms with Gasteiger partial charge in [0.1, 0.15) is 0 Å². The van der Waals surface area contributed by atoms with Gasteiger partial charge in [-0.3, -0.25) is 28.8 Å². The smallest absolute Gasteiger partial charge is 0.303 e. The fourth-order valence-electron chi connectivity index (χ4n) is 14.1. The first-order chi connectivity index (χ1) is 42.1. The molecule has 4 aliphatic heterocycles. The minimum Gasteiger partial charge on any atom is -0.339 e. The number of rotatable bonds is 10. The number of benzene rings is 4. The largest absolute Gasteiger partial charge is 0.339 e. The van der Waals surface area contributed by atoms with Gasteiger partial charge in [0.05, 0.1) is 23.9 Å². The van der Waals surface area contributed by atoms with Gasteiger partial charge in [0, 0.05) is 151 Å². The Morgan fingerprint density at radius 1 is 0.511 bits per heavy atom.